The molecule has 0 spiro atoms. The minimum absolute atomic E-state index is 0.146. The highest BCUT2D eigenvalue weighted by Crippen LogP contribution is 2.35. The number of allylic oxidation sites excluding steroid dienone is 1. The van der Waals surface area contributed by atoms with Crippen molar-refractivity contribution < 1.29 is 13.2 Å². The average Bonchev–Trinajstić information content (AvgIpc) is 3.17. The molecule has 2 aliphatic rings. The van der Waals surface area contributed by atoms with Gasteiger partial charge in [0, 0.05) is 44.6 Å². The molecule has 1 aliphatic carbocycles. The van der Waals surface area contributed by atoms with Crippen LogP contribution >= 0.6 is 11.6 Å². The number of aryl methyl sites for hydroxylation is 1. The molecule has 9 nitrogen and oxygen atoms in total. The lowest BCUT2D eigenvalue weighted by molar-refractivity contribution is -0.115. The second-order valence-electron chi connectivity index (χ2n) is 10.0. The first-order chi connectivity index (χ1) is 18.6. The molecule has 1 amide bonds. The molecule has 4 N–H and O–H groups in total. The van der Waals surface area contributed by atoms with Crippen molar-refractivity contribution in [3.8, 4) is 11.3 Å². The molecule has 2 aromatic heterocycles. The van der Waals surface area contributed by atoms with Gasteiger partial charge in [0.1, 0.15) is 0 Å². The van der Waals surface area contributed by atoms with E-state index in [0.717, 1.165) is 22.2 Å². The van der Waals surface area contributed by atoms with Crippen LogP contribution in [0.25, 0.3) is 22.2 Å². The van der Waals surface area contributed by atoms with Crippen LogP contribution in [0.3, 0.4) is 0 Å². The Morgan fingerprint density at radius 3 is 2.77 bits per heavy atom. The largest absolute Gasteiger partial charge is 0.359 e. The molecule has 11 heteroatoms. The highest BCUT2D eigenvalue weighted by atomic mass is 35.5. The standard InChI is InChI=1S/C28H25ClN6O3S/c1-16-11-17-12-20(4-6-23(17)31-16)35-39(37,38)21-7-9-28(2,10-8-21)34-27-30-15-18-13-25(36)32-24-14-19(29)3-5-22(24)26(18)33-27/h3-9,11-12,14-15,31,35H,10,13H2,1-2H3,(H,32,36)(H,30,33,34). The fraction of sp³-hybridized carbons (Fsp3) is 0.179. The Hall–Kier alpha value is -4.15. The summed E-state index contributed by atoms with van der Waals surface area (Å²) in [7, 11) is -3.77. The highest BCUT2D eigenvalue weighted by Gasteiger charge is 2.28. The van der Waals surface area contributed by atoms with Gasteiger partial charge in [-0.15, -0.1) is 0 Å². The third-order valence-corrected chi connectivity index (χ3v) is 8.45. The Labute approximate surface area is 230 Å². The van der Waals surface area contributed by atoms with Crippen LogP contribution in [0, 0.1) is 6.92 Å². The van der Waals surface area contributed by atoms with E-state index >= 15 is 0 Å². The topological polar surface area (TPSA) is 129 Å². The van der Waals surface area contributed by atoms with E-state index in [1.54, 1.807) is 48.7 Å². The number of anilines is 3. The van der Waals surface area contributed by atoms with Gasteiger partial charge in [0.2, 0.25) is 11.9 Å². The number of aromatic amines is 1. The molecule has 6 rings (SSSR count). The molecule has 0 bridgehead atoms. The van der Waals surface area contributed by atoms with E-state index < -0.39 is 15.6 Å². The molecule has 0 radical (unpaired) electrons. The Morgan fingerprint density at radius 2 is 1.97 bits per heavy atom. The second kappa shape index (κ2) is 9.25. The Balaban J connectivity index is 1.21. The van der Waals surface area contributed by atoms with Gasteiger partial charge >= 0.3 is 0 Å². The molecule has 0 saturated heterocycles. The maximum absolute atomic E-state index is 13.1. The first kappa shape index (κ1) is 25.1. The number of aromatic nitrogens is 3. The number of carbonyl (C=O) groups is 1. The molecule has 0 saturated carbocycles. The number of sulfonamides is 1. The molecule has 4 aromatic rings. The Morgan fingerprint density at radius 1 is 1.13 bits per heavy atom. The van der Waals surface area contributed by atoms with Gasteiger partial charge < -0.3 is 15.6 Å². The van der Waals surface area contributed by atoms with Crippen LogP contribution in [-0.4, -0.2) is 34.8 Å². The Bertz CT molecular complexity index is 1830. The van der Waals surface area contributed by atoms with E-state index in [1.165, 1.54) is 0 Å². The summed E-state index contributed by atoms with van der Waals surface area (Å²) >= 11 is 6.14. The van der Waals surface area contributed by atoms with Crippen LogP contribution < -0.4 is 15.4 Å². The number of benzene rings is 2. The summed E-state index contributed by atoms with van der Waals surface area (Å²) in [6.07, 6.45) is 7.24. The van der Waals surface area contributed by atoms with Crippen molar-refractivity contribution >= 4 is 55.8 Å². The van der Waals surface area contributed by atoms with Crippen LogP contribution in [0.15, 0.2) is 71.8 Å². The SMILES string of the molecule is Cc1cc2cc(NS(=O)(=O)C3=CCC(C)(Nc4ncc5c(n4)-c4ccc(Cl)cc4NC(=O)C5)C=C3)ccc2[nH]1. The van der Waals surface area contributed by atoms with Gasteiger partial charge in [0.15, 0.2) is 0 Å². The van der Waals surface area contributed by atoms with E-state index in [2.05, 4.69) is 25.3 Å². The first-order valence-electron chi connectivity index (χ1n) is 12.3. The number of fused-ring (bicyclic) bond motifs is 4. The van der Waals surface area contributed by atoms with Gasteiger partial charge in [-0.1, -0.05) is 23.8 Å². The number of carbonyl (C=O) groups excluding carboxylic acids is 1. The van der Waals surface area contributed by atoms with Crippen LogP contribution in [0.1, 0.15) is 24.6 Å². The lowest BCUT2D eigenvalue weighted by atomic mass is 9.94. The van der Waals surface area contributed by atoms with E-state index in [4.69, 9.17) is 16.6 Å². The number of amides is 1. The zero-order valence-electron chi connectivity index (χ0n) is 21.2. The van der Waals surface area contributed by atoms with Crippen molar-refractivity contribution in [1.29, 1.82) is 0 Å². The monoisotopic (exact) mass is 560 g/mol. The average molecular weight is 561 g/mol. The molecule has 0 fully saturated rings. The fourth-order valence-electron chi connectivity index (χ4n) is 4.84. The summed E-state index contributed by atoms with van der Waals surface area (Å²) in [5.41, 5.74) is 4.51. The molecule has 1 atom stereocenters. The van der Waals surface area contributed by atoms with Gasteiger partial charge in [-0.25, -0.2) is 18.4 Å². The van der Waals surface area contributed by atoms with Crippen molar-refractivity contribution in [2.75, 3.05) is 15.4 Å². The Kier molecular flexibility index (Phi) is 5.96. The fourth-order valence-corrected chi connectivity index (χ4v) is 6.12. The van der Waals surface area contributed by atoms with Gasteiger partial charge in [-0.05, 0) is 68.8 Å². The third kappa shape index (κ3) is 5.00. The molecular weight excluding hydrogens is 536 g/mol. The highest BCUT2D eigenvalue weighted by molar-refractivity contribution is 7.96. The lowest BCUT2D eigenvalue weighted by Crippen LogP contribution is -2.35. The predicted molar refractivity (Wildman–Crippen MR) is 154 cm³/mol. The van der Waals surface area contributed by atoms with Gasteiger partial charge in [0.05, 0.1) is 28.2 Å². The van der Waals surface area contributed by atoms with E-state index in [9.17, 15) is 13.2 Å². The molecule has 3 heterocycles. The maximum Gasteiger partial charge on any atom is 0.261 e. The molecular formula is C28H25ClN6O3S. The number of rotatable bonds is 5. The smallest absolute Gasteiger partial charge is 0.261 e. The summed E-state index contributed by atoms with van der Waals surface area (Å²) in [4.78, 5) is 24.9. The summed E-state index contributed by atoms with van der Waals surface area (Å²) < 4.78 is 28.9. The predicted octanol–water partition coefficient (Wildman–Crippen LogP) is 5.54. The van der Waals surface area contributed by atoms with E-state index in [1.807, 2.05) is 32.0 Å². The minimum Gasteiger partial charge on any atom is -0.359 e. The number of nitrogens with one attached hydrogen (secondary N) is 4. The van der Waals surface area contributed by atoms with Crippen LogP contribution in [-0.2, 0) is 21.2 Å². The number of halogens is 1. The van der Waals surface area contributed by atoms with Crippen molar-refractivity contribution in [2.24, 2.45) is 0 Å². The van der Waals surface area contributed by atoms with Crippen molar-refractivity contribution in [3.05, 3.63) is 88.1 Å². The van der Waals surface area contributed by atoms with Gasteiger partial charge in [-0.2, -0.15) is 0 Å². The zero-order valence-corrected chi connectivity index (χ0v) is 22.7. The summed E-state index contributed by atoms with van der Waals surface area (Å²) in [5.74, 6) is 0.198. The molecule has 39 heavy (non-hydrogen) atoms. The quantitative estimate of drug-likeness (QED) is 0.254. The lowest BCUT2D eigenvalue weighted by Gasteiger charge is -2.29. The number of hydrogen-bond donors (Lipinski definition) is 4. The maximum atomic E-state index is 13.1. The van der Waals surface area contributed by atoms with Crippen LogP contribution in [0.5, 0.6) is 0 Å². The number of nitrogens with zero attached hydrogens (tertiary/aromatic N) is 2. The molecule has 198 valence electrons. The summed E-state index contributed by atoms with van der Waals surface area (Å²) in [6, 6.07) is 12.6. The van der Waals surface area contributed by atoms with Gasteiger partial charge in [0.25, 0.3) is 10.0 Å². The van der Waals surface area contributed by atoms with E-state index in [0.29, 0.717) is 40.0 Å². The van der Waals surface area contributed by atoms with Crippen molar-refractivity contribution in [3.63, 3.8) is 0 Å². The first-order valence-corrected chi connectivity index (χ1v) is 14.2. The summed E-state index contributed by atoms with van der Waals surface area (Å²) in [5, 5.41) is 7.64. The van der Waals surface area contributed by atoms with Crippen LogP contribution in [0.2, 0.25) is 5.02 Å². The van der Waals surface area contributed by atoms with Crippen LogP contribution in [0.4, 0.5) is 17.3 Å². The zero-order chi connectivity index (χ0) is 27.4. The molecule has 1 aliphatic heterocycles. The van der Waals surface area contributed by atoms with Crippen molar-refractivity contribution in [1.82, 2.24) is 15.0 Å². The van der Waals surface area contributed by atoms with E-state index in [-0.39, 0.29) is 17.2 Å². The third-order valence-electron chi connectivity index (χ3n) is 6.78. The number of H-pyrrole nitrogens is 1. The van der Waals surface area contributed by atoms with Crippen molar-refractivity contribution in [2.45, 2.75) is 32.2 Å². The summed E-state index contributed by atoms with van der Waals surface area (Å²) in [6.45, 7) is 3.89. The number of hydrogen-bond acceptors (Lipinski definition) is 6. The molecule has 2 aromatic carbocycles. The normalized spacial score (nSPS) is 18.5. The molecule has 1 unspecified atom stereocenters. The minimum atomic E-state index is -3.77. The van der Waals surface area contributed by atoms with Gasteiger partial charge in [-0.3, -0.25) is 9.52 Å². The second-order valence-corrected chi connectivity index (χ2v) is 12.1.